The molecule has 0 heterocycles. The molecule has 2 aromatic carbocycles. The maximum Gasteiger partial charge on any atom is 0.0971 e. The third-order valence-corrected chi connectivity index (χ3v) is 4.13. The highest BCUT2D eigenvalue weighted by Gasteiger charge is 2.06. The van der Waals surface area contributed by atoms with Crippen molar-refractivity contribution in [2.75, 3.05) is 6.26 Å². The van der Waals surface area contributed by atoms with Crippen LogP contribution in [0.2, 0.25) is 0 Å². The van der Waals surface area contributed by atoms with E-state index in [2.05, 4.69) is 70.3 Å². The molecule has 2 N–H and O–H groups in total. The Balaban J connectivity index is 2.29. The molecule has 2 rings (SSSR count). The Bertz CT molecular complexity index is 562. The molecule has 0 unspecified atom stereocenters. The van der Waals surface area contributed by atoms with E-state index in [1.54, 1.807) is 0 Å². The second-order valence-electron chi connectivity index (χ2n) is 4.11. The zero-order valence-electron chi connectivity index (χ0n) is 10.6. The molecule has 0 saturated carbocycles. The van der Waals surface area contributed by atoms with Crippen molar-refractivity contribution >= 4 is 40.1 Å². The van der Waals surface area contributed by atoms with Crippen molar-refractivity contribution in [1.29, 1.82) is 0 Å². The molecule has 4 heteroatoms. The summed E-state index contributed by atoms with van der Waals surface area (Å²) in [6, 6.07) is 16.6. The van der Waals surface area contributed by atoms with E-state index in [1.165, 1.54) is 9.13 Å². The van der Waals surface area contributed by atoms with Crippen LogP contribution in [0.3, 0.4) is 0 Å². The van der Waals surface area contributed by atoms with Crippen molar-refractivity contribution in [1.82, 2.24) is 0 Å². The lowest BCUT2D eigenvalue weighted by Crippen LogP contribution is -2.06. The van der Waals surface area contributed by atoms with Gasteiger partial charge < -0.3 is 5.84 Å². The maximum atomic E-state index is 5.55. The van der Waals surface area contributed by atoms with Crippen LogP contribution in [0.25, 0.3) is 0 Å². The number of thioether (sulfide) groups is 1. The summed E-state index contributed by atoms with van der Waals surface area (Å²) in [6.07, 6.45) is 2.10. The minimum absolute atomic E-state index is 0.826. The normalized spacial score (nSPS) is 11.6. The number of nitrogens with two attached hydrogens (primary N) is 1. The Morgan fingerprint density at radius 2 is 1.58 bits per heavy atom. The van der Waals surface area contributed by atoms with E-state index in [0.717, 1.165) is 22.6 Å². The van der Waals surface area contributed by atoms with Gasteiger partial charge in [-0.25, -0.2) is 0 Å². The molecule has 0 spiro atoms. The van der Waals surface area contributed by atoms with Gasteiger partial charge >= 0.3 is 0 Å². The van der Waals surface area contributed by atoms with Crippen LogP contribution < -0.4 is 5.84 Å². The quantitative estimate of drug-likeness (QED) is 0.377. The Kier molecular flexibility index (Phi) is 5.27. The predicted octanol–water partition coefficient (Wildman–Crippen LogP) is 3.87. The summed E-state index contributed by atoms with van der Waals surface area (Å²) < 4.78 is 1.20. The number of halogens is 1. The first-order valence-corrected chi connectivity index (χ1v) is 8.34. The standard InChI is InChI=1S/C15H15IN2S/c1-19-10-11-2-4-12(5-3-11)15(18-17)13-6-8-14(16)9-7-13/h2-9H,10,17H2,1H3. The van der Waals surface area contributed by atoms with Gasteiger partial charge in [-0.2, -0.15) is 16.9 Å². The van der Waals surface area contributed by atoms with Gasteiger partial charge in [0, 0.05) is 20.4 Å². The molecule has 0 aliphatic carbocycles. The minimum atomic E-state index is 0.826. The molecule has 98 valence electrons. The lowest BCUT2D eigenvalue weighted by molar-refractivity contribution is 1.24. The number of rotatable bonds is 4. The summed E-state index contributed by atoms with van der Waals surface area (Å²) in [6.45, 7) is 0. The summed E-state index contributed by atoms with van der Waals surface area (Å²) in [5.74, 6) is 6.58. The topological polar surface area (TPSA) is 38.4 Å². The molecule has 0 bridgehead atoms. The second kappa shape index (κ2) is 6.96. The molecule has 0 amide bonds. The van der Waals surface area contributed by atoms with Gasteiger partial charge in [-0.15, -0.1) is 0 Å². The van der Waals surface area contributed by atoms with Crippen LogP contribution in [-0.4, -0.2) is 12.0 Å². The van der Waals surface area contributed by atoms with Crippen LogP contribution in [0.15, 0.2) is 53.6 Å². The highest BCUT2D eigenvalue weighted by atomic mass is 127. The third kappa shape index (κ3) is 3.73. The molecule has 0 aromatic heterocycles. The number of benzene rings is 2. The number of nitrogens with zero attached hydrogens (tertiary/aromatic N) is 1. The fourth-order valence-corrected chi connectivity index (χ4v) is 2.73. The van der Waals surface area contributed by atoms with Crippen LogP contribution in [0.4, 0.5) is 0 Å². The van der Waals surface area contributed by atoms with Crippen LogP contribution in [0.1, 0.15) is 16.7 Å². The van der Waals surface area contributed by atoms with Gasteiger partial charge in [0.15, 0.2) is 0 Å². The van der Waals surface area contributed by atoms with E-state index >= 15 is 0 Å². The smallest absolute Gasteiger partial charge is 0.0971 e. The minimum Gasteiger partial charge on any atom is -0.323 e. The van der Waals surface area contributed by atoms with Crippen LogP contribution >= 0.6 is 34.4 Å². The average molecular weight is 382 g/mol. The molecule has 0 saturated heterocycles. The summed E-state index contributed by atoms with van der Waals surface area (Å²) in [4.78, 5) is 0. The van der Waals surface area contributed by atoms with E-state index in [-0.39, 0.29) is 0 Å². The van der Waals surface area contributed by atoms with Gasteiger partial charge in [-0.05, 0) is 46.5 Å². The van der Waals surface area contributed by atoms with Crippen molar-refractivity contribution in [3.63, 3.8) is 0 Å². The zero-order chi connectivity index (χ0) is 13.7. The van der Waals surface area contributed by atoms with Crippen molar-refractivity contribution < 1.29 is 0 Å². The van der Waals surface area contributed by atoms with Crippen molar-refractivity contribution in [2.24, 2.45) is 10.9 Å². The molecular weight excluding hydrogens is 367 g/mol. The van der Waals surface area contributed by atoms with Crippen molar-refractivity contribution in [3.05, 3.63) is 68.8 Å². The lowest BCUT2D eigenvalue weighted by atomic mass is 10.0. The van der Waals surface area contributed by atoms with Gasteiger partial charge in [0.05, 0.1) is 5.71 Å². The fourth-order valence-electron chi connectivity index (χ4n) is 1.85. The molecule has 0 aliphatic rings. The largest absolute Gasteiger partial charge is 0.323 e. The van der Waals surface area contributed by atoms with E-state index < -0.39 is 0 Å². The Morgan fingerprint density at radius 3 is 2.05 bits per heavy atom. The maximum absolute atomic E-state index is 5.55. The Morgan fingerprint density at radius 1 is 1.05 bits per heavy atom. The molecular formula is C15H15IN2S. The number of hydrazone groups is 1. The monoisotopic (exact) mass is 382 g/mol. The molecule has 0 aliphatic heterocycles. The number of hydrogen-bond acceptors (Lipinski definition) is 3. The molecule has 0 atom stereocenters. The second-order valence-corrected chi connectivity index (χ2v) is 6.23. The molecule has 2 nitrogen and oxygen atoms in total. The van der Waals surface area contributed by atoms with Gasteiger partial charge in [-0.1, -0.05) is 36.4 Å². The van der Waals surface area contributed by atoms with Gasteiger partial charge in [0.25, 0.3) is 0 Å². The molecule has 2 aromatic rings. The average Bonchev–Trinajstić information content (AvgIpc) is 2.44. The highest BCUT2D eigenvalue weighted by Crippen LogP contribution is 2.15. The first kappa shape index (κ1) is 14.4. The summed E-state index contributed by atoms with van der Waals surface area (Å²) in [5.41, 5.74) is 4.23. The predicted molar refractivity (Wildman–Crippen MR) is 92.6 cm³/mol. The van der Waals surface area contributed by atoms with Gasteiger partial charge in [0.2, 0.25) is 0 Å². The fraction of sp³-hybridized carbons (Fsp3) is 0.133. The Labute approximate surface area is 131 Å². The summed E-state index contributed by atoms with van der Waals surface area (Å²) >= 11 is 4.10. The van der Waals surface area contributed by atoms with Crippen molar-refractivity contribution in [2.45, 2.75) is 5.75 Å². The summed E-state index contributed by atoms with van der Waals surface area (Å²) in [5, 5.41) is 3.94. The van der Waals surface area contributed by atoms with E-state index in [0.29, 0.717) is 0 Å². The van der Waals surface area contributed by atoms with Gasteiger partial charge in [0.1, 0.15) is 0 Å². The van der Waals surface area contributed by atoms with E-state index in [1.807, 2.05) is 23.9 Å². The third-order valence-electron chi connectivity index (χ3n) is 2.79. The molecule has 19 heavy (non-hydrogen) atoms. The van der Waals surface area contributed by atoms with E-state index in [4.69, 9.17) is 5.84 Å². The van der Waals surface area contributed by atoms with Crippen molar-refractivity contribution in [3.8, 4) is 0 Å². The summed E-state index contributed by atoms with van der Waals surface area (Å²) in [7, 11) is 0. The number of hydrogen-bond donors (Lipinski definition) is 1. The van der Waals surface area contributed by atoms with Gasteiger partial charge in [-0.3, -0.25) is 0 Å². The Hall–Kier alpha value is -1.01. The lowest BCUT2D eigenvalue weighted by Gasteiger charge is -2.07. The molecule has 0 fully saturated rings. The SMILES string of the molecule is CSCc1ccc(C(=NN)c2ccc(I)cc2)cc1. The first-order valence-electron chi connectivity index (χ1n) is 5.86. The van der Waals surface area contributed by atoms with Crippen LogP contribution in [0.5, 0.6) is 0 Å². The highest BCUT2D eigenvalue weighted by molar-refractivity contribution is 14.1. The first-order chi connectivity index (χ1) is 9.24. The van der Waals surface area contributed by atoms with Crippen LogP contribution in [-0.2, 0) is 5.75 Å². The van der Waals surface area contributed by atoms with E-state index in [9.17, 15) is 0 Å². The molecule has 0 radical (unpaired) electrons. The van der Waals surface area contributed by atoms with Crippen LogP contribution in [0, 0.1) is 3.57 Å². The zero-order valence-corrected chi connectivity index (χ0v) is 13.6.